The summed E-state index contributed by atoms with van der Waals surface area (Å²) in [7, 11) is -2.65. The van der Waals surface area contributed by atoms with Crippen LogP contribution in [0, 0.1) is 23.7 Å². The molecule has 4 aromatic heterocycles. The monoisotopic (exact) mass is 1150 g/mol. The molecule has 6 heterocycles. The molecule has 0 atom stereocenters. The van der Waals surface area contributed by atoms with Crippen LogP contribution >= 0.6 is 22.7 Å². The Morgan fingerprint density at radius 2 is 1.13 bits per heavy atom. The highest BCUT2D eigenvalue weighted by atomic mass is 32.2. The van der Waals surface area contributed by atoms with Crippen molar-refractivity contribution in [1.29, 1.82) is 0 Å². The molecule has 416 valence electrons. The number of rotatable bonds is 12. The van der Waals surface area contributed by atoms with E-state index >= 15 is 0 Å². The van der Waals surface area contributed by atoms with E-state index in [1.54, 1.807) is 63.2 Å². The van der Waals surface area contributed by atoms with Crippen molar-refractivity contribution < 1.29 is 52.7 Å². The molecule has 2 aliphatic rings. The first kappa shape index (κ1) is 58.8. The zero-order valence-corrected chi connectivity index (χ0v) is 46.9. The number of anilines is 4. The van der Waals surface area contributed by atoms with E-state index in [4.69, 9.17) is 4.74 Å². The van der Waals surface area contributed by atoms with Crippen LogP contribution in [0.25, 0.3) is 21.8 Å². The minimum Gasteiger partial charge on any atom is -0.443 e. The Balaban J connectivity index is 0.000000227. The minimum atomic E-state index is -4.48. The average Bonchev–Trinajstić information content (AvgIpc) is 4.15. The highest BCUT2D eigenvalue weighted by molar-refractivity contribution is 7.93. The molecular weight excluding hydrogens is 1090 g/mol. The van der Waals surface area contributed by atoms with Crippen LogP contribution in [0.4, 0.5) is 52.5 Å². The number of likely N-dealkylation sites (tertiary alicyclic amines) is 2. The minimum absolute atomic E-state index is 0.0639. The van der Waals surface area contributed by atoms with Crippen LogP contribution in [-0.2, 0) is 37.5 Å². The number of nitrogens with one attached hydrogen (secondary N) is 3. The Bertz CT molecular complexity index is 3410. The van der Waals surface area contributed by atoms with E-state index in [0.717, 1.165) is 103 Å². The molecule has 0 aliphatic carbocycles. The Kier molecular flexibility index (Phi) is 18.3. The fourth-order valence-corrected chi connectivity index (χ4v) is 12.5. The van der Waals surface area contributed by atoms with Crippen LogP contribution in [0.2, 0.25) is 0 Å². The molecule has 6 aromatic rings. The molecule has 2 fully saturated rings. The summed E-state index contributed by atoms with van der Waals surface area (Å²) in [5.74, 6) is 11.4. The van der Waals surface area contributed by atoms with Gasteiger partial charge in [-0.05, 0) is 159 Å². The van der Waals surface area contributed by atoms with Crippen LogP contribution in [0.1, 0.15) is 57.8 Å². The van der Waals surface area contributed by atoms with Crippen LogP contribution in [-0.4, -0.2) is 138 Å². The Labute approximate surface area is 453 Å². The van der Waals surface area contributed by atoms with E-state index in [1.165, 1.54) is 27.7 Å². The standard InChI is InChI=1S/C29H35F3N4O4S2.C24H27F3N4O2S2/c1-28(2,3)40-27(37)35(25-11-12-26(41-25)42(5,38)39)15-7-8-21-18-22-23(33-20-13-16-34(4)17-14-20)9-6-10-24(22)36(21)19-29(30,31)32;1-30-13-10-17(11-14-30)29-20-6-3-7-21-19(20)15-18(31(21)16-24(25,26)27)5-4-12-28-22-8-9-23(34-22)35(2,32)33/h6,9-12,18,20,33H,13-17,19H2,1-5H3;3,6-9,15,17,28-29H,10-14,16H2,1-2H3. The number of nitrogens with zero attached hydrogens (tertiary/aromatic N) is 5. The van der Waals surface area contributed by atoms with Crippen molar-refractivity contribution in [2.45, 2.75) is 98.0 Å². The van der Waals surface area contributed by atoms with Gasteiger partial charge in [0, 0.05) is 46.7 Å². The smallest absolute Gasteiger partial charge is 0.416 e. The van der Waals surface area contributed by atoms with Gasteiger partial charge in [-0.15, -0.1) is 22.7 Å². The highest BCUT2D eigenvalue weighted by Gasteiger charge is 2.32. The van der Waals surface area contributed by atoms with E-state index in [-0.39, 0.29) is 45.0 Å². The molecule has 0 saturated carbocycles. The summed E-state index contributed by atoms with van der Waals surface area (Å²) in [5, 5.41) is 12.3. The maximum atomic E-state index is 13.7. The summed E-state index contributed by atoms with van der Waals surface area (Å²) in [6.07, 6.45) is -3.64. The van der Waals surface area contributed by atoms with E-state index in [9.17, 15) is 48.0 Å². The summed E-state index contributed by atoms with van der Waals surface area (Å²) in [5.41, 5.74) is 2.02. The number of carbonyl (C=O) groups is 1. The number of benzene rings is 2. The summed E-state index contributed by atoms with van der Waals surface area (Å²) in [6, 6.07) is 20.4. The molecule has 1 amide bonds. The number of halogens is 6. The number of amides is 1. The number of carbonyl (C=O) groups excluding carboxylic acids is 1. The maximum absolute atomic E-state index is 13.7. The van der Waals surface area contributed by atoms with Gasteiger partial charge in [0.05, 0.1) is 40.5 Å². The number of fused-ring (bicyclic) bond motifs is 2. The van der Waals surface area contributed by atoms with Gasteiger partial charge in [0.25, 0.3) is 0 Å². The Morgan fingerprint density at radius 1 is 0.675 bits per heavy atom. The van der Waals surface area contributed by atoms with Gasteiger partial charge in [-0.3, -0.25) is 4.90 Å². The zero-order valence-electron chi connectivity index (χ0n) is 43.7. The lowest BCUT2D eigenvalue weighted by atomic mass is 10.0. The van der Waals surface area contributed by atoms with Crippen molar-refractivity contribution in [3.8, 4) is 23.7 Å². The molecule has 3 N–H and O–H groups in total. The van der Waals surface area contributed by atoms with Crippen molar-refractivity contribution in [2.24, 2.45) is 0 Å². The van der Waals surface area contributed by atoms with Gasteiger partial charge in [0.15, 0.2) is 19.7 Å². The lowest BCUT2D eigenvalue weighted by Crippen LogP contribution is -2.36. The first-order chi connectivity index (χ1) is 36.0. The van der Waals surface area contributed by atoms with E-state index in [0.29, 0.717) is 31.8 Å². The predicted molar refractivity (Wildman–Crippen MR) is 295 cm³/mol. The summed E-state index contributed by atoms with van der Waals surface area (Å²) >= 11 is 1.97. The molecule has 8 rings (SSSR count). The number of hydrogen-bond donors (Lipinski definition) is 3. The molecule has 14 nitrogen and oxygen atoms in total. The third-order valence-electron chi connectivity index (χ3n) is 12.5. The summed E-state index contributed by atoms with van der Waals surface area (Å²) in [4.78, 5) is 18.7. The van der Waals surface area contributed by atoms with Crippen LogP contribution in [0.5, 0.6) is 0 Å². The second-order valence-corrected chi connectivity index (χ2v) is 26.8. The maximum Gasteiger partial charge on any atom is 0.416 e. The molecule has 2 aromatic carbocycles. The van der Waals surface area contributed by atoms with Crippen molar-refractivity contribution in [3.05, 3.63) is 84.2 Å². The zero-order chi connectivity index (χ0) is 56.1. The molecule has 2 aliphatic heterocycles. The van der Waals surface area contributed by atoms with E-state index < -0.39 is 56.8 Å². The fraction of sp³-hybridized carbons (Fsp3) is 0.453. The molecular formula is C53H62F6N8O6S4. The number of piperidine rings is 2. The van der Waals surface area contributed by atoms with Gasteiger partial charge in [-0.25, -0.2) is 21.6 Å². The SMILES string of the molecule is CN1CCC(Nc2cccc3c2cc(C#CCN(C(=O)OC(C)(C)C)c2ccc(S(C)(=O)=O)s2)n3CC(F)(F)F)CC1.CN1CCC(Nc2cccc3c2cc(C#CCNc2ccc(S(C)(=O)=O)s2)n3CC(F)(F)F)CC1. The van der Waals surface area contributed by atoms with Crippen molar-refractivity contribution in [2.75, 3.05) is 86.7 Å². The molecule has 77 heavy (non-hydrogen) atoms. The summed E-state index contributed by atoms with van der Waals surface area (Å²) in [6.45, 7) is 6.47. The Hall–Kier alpha value is -5.89. The van der Waals surface area contributed by atoms with Crippen LogP contribution in [0.15, 0.2) is 81.2 Å². The molecule has 0 unspecified atom stereocenters. The van der Waals surface area contributed by atoms with Crippen molar-refractivity contribution >= 4 is 91.6 Å². The number of thiophene rings is 2. The predicted octanol–water partition coefficient (Wildman–Crippen LogP) is 10.6. The topological polar surface area (TPSA) is 150 Å². The molecule has 2 saturated heterocycles. The second kappa shape index (κ2) is 24.0. The summed E-state index contributed by atoms with van der Waals surface area (Å²) < 4.78 is 137. The number of ether oxygens (including phenoxy) is 1. The van der Waals surface area contributed by atoms with Gasteiger partial charge >= 0.3 is 18.4 Å². The lowest BCUT2D eigenvalue weighted by molar-refractivity contribution is -0.140. The number of aromatic nitrogens is 2. The number of sulfone groups is 2. The van der Waals surface area contributed by atoms with Gasteiger partial charge in [0.1, 0.15) is 32.1 Å². The fourth-order valence-electron chi connectivity index (χ4n) is 8.77. The molecule has 0 spiro atoms. The highest BCUT2D eigenvalue weighted by Crippen LogP contribution is 2.35. The quantitative estimate of drug-likeness (QED) is 0.0794. The van der Waals surface area contributed by atoms with Gasteiger partial charge in [-0.1, -0.05) is 24.0 Å². The number of hydrogen-bond acceptors (Lipinski definition) is 13. The molecule has 0 bridgehead atoms. The van der Waals surface area contributed by atoms with Gasteiger partial charge < -0.3 is 39.6 Å². The van der Waals surface area contributed by atoms with Crippen molar-refractivity contribution in [1.82, 2.24) is 18.9 Å². The number of alkyl halides is 6. The molecule has 24 heteroatoms. The van der Waals surface area contributed by atoms with Crippen LogP contribution in [0.3, 0.4) is 0 Å². The van der Waals surface area contributed by atoms with Gasteiger partial charge in [0.2, 0.25) is 0 Å². The first-order valence-electron chi connectivity index (χ1n) is 24.6. The van der Waals surface area contributed by atoms with E-state index in [2.05, 4.69) is 63.5 Å². The Morgan fingerprint density at radius 3 is 1.56 bits per heavy atom. The third-order valence-corrected chi connectivity index (χ3v) is 18.3. The molecule has 0 radical (unpaired) electrons. The van der Waals surface area contributed by atoms with Gasteiger partial charge in [-0.2, -0.15) is 26.3 Å². The first-order valence-corrected chi connectivity index (χ1v) is 30.0. The normalized spacial score (nSPS) is 15.5. The second-order valence-electron chi connectivity index (χ2n) is 20.2. The average molecular weight is 1150 g/mol. The third kappa shape index (κ3) is 16.6. The largest absolute Gasteiger partial charge is 0.443 e. The van der Waals surface area contributed by atoms with Crippen molar-refractivity contribution in [3.63, 3.8) is 0 Å². The lowest BCUT2D eigenvalue weighted by Gasteiger charge is -2.30. The van der Waals surface area contributed by atoms with E-state index in [1.807, 2.05) is 12.1 Å². The van der Waals surface area contributed by atoms with Crippen LogP contribution < -0.4 is 20.9 Å².